The van der Waals surface area contributed by atoms with E-state index in [0.29, 0.717) is 18.1 Å². The maximum absolute atomic E-state index is 11.6. The molecule has 0 radical (unpaired) electrons. The van der Waals surface area contributed by atoms with Gasteiger partial charge in [-0.2, -0.15) is 0 Å². The largest absolute Gasteiger partial charge is 0.438 e. The average Bonchev–Trinajstić information content (AvgIpc) is 3.12. The van der Waals surface area contributed by atoms with Gasteiger partial charge in [-0.25, -0.2) is 0 Å². The fourth-order valence-corrected chi connectivity index (χ4v) is 2.17. The first-order valence-electron chi connectivity index (χ1n) is 7.79. The summed E-state index contributed by atoms with van der Waals surface area (Å²) in [4.78, 5) is 11.6. The van der Waals surface area contributed by atoms with Crippen LogP contribution < -0.4 is 10.1 Å². The number of rotatable bonds is 6. The predicted octanol–water partition coefficient (Wildman–Crippen LogP) is 3.80. The smallest absolute Gasteiger partial charge is 0.238 e. The van der Waals surface area contributed by atoms with Crippen LogP contribution >= 0.6 is 0 Å². The van der Waals surface area contributed by atoms with E-state index in [4.69, 9.17) is 4.74 Å². The fourth-order valence-electron chi connectivity index (χ4n) is 2.17. The summed E-state index contributed by atoms with van der Waals surface area (Å²) in [5.41, 5.74) is 0.745. The van der Waals surface area contributed by atoms with Crippen LogP contribution in [-0.2, 0) is 4.79 Å². The van der Waals surface area contributed by atoms with Crippen molar-refractivity contribution in [3.05, 3.63) is 60.9 Å². The first-order chi connectivity index (χ1) is 11.7. The van der Waals surface area contributed by atoms with E-state index in [1.54, 1.807) is 30.3 Å². The Morgan fingerprint density at radius 2 is 1.83 bits per heavy atom. The van der Waals surface area contributed by atoms with Crippen molar-refractivity contribution in [2.24, 2.45) is 0 Å². The number of carbonyl (C=O) groups excluding carboxylic acids is 1. The van der Waals surface area contributed by atoms with Crippen LogP contribution in [0.5, 0.6) is 11.6 Å². The zero-order valence-electron chi connectivity index (χ0n) is 13.3. The molecule has 0 spiro atoms. The molecule has 0 aliphatic heterocycles. The lowest BCUT2D eigenvalue weighted by Gasteiger charge is -2.07. The number of anilines is 1. The fraction of sp³-hybridized carbons (Fsp3) is 0.167. The van der Waals surface area contributed by atoms with Crippen LogP contribution in [0.25, 0.3) is 5.82 Å². The second-order valence-corrected chi connectivity index (χ2v) is 5.24. The number of nitrogens with one attached hydrogen (secondary N) is 1. The summed E-state index contributed by atoms with van der Waals surface area (Å²) in [7, 11) is 0. The molecule has 0 saturated carbocycles. The lowest BCUT2D eigenvalue weighted by molar-refractivity contribution is -0.116. The van der Waals surface area contributed by atoms with Gasteiger partial charge in [-0.05, 0) is 48.9 Å². The van der Waals surface area contributed by atoms with Crippen molar-refractivity contribution in [3.8, 4) is 17.4 Å². The monoisotopic (exact) mass is 322 g/mol. The molecule has 0 aliphatic carbocycles. The highest BCUT2D eigenvalue weighted by atomic mass is 16.5. The van der Waals surface area contributed by atoms with Crippen molar-refractivity contribution in [2.45, 2.75) is 19.8 Å². The minimum absolute atomic E-state index is 0.0117. The number of aromatic nitrogens is 3. The Labute approximate surface area is 140 Å². The summed E-state index contributed by atoms with van der Waals surface area (Å²) in [6.07, 6.45) is 5.14. The van der Waals surface area contributed by atoms with E-state index < -0.39 is 0 Å². The highest BCUT2D eigenvalue weighted by Crippen LogP contribution is 2.21. The molecular weight excluding hydrogens is 304 g/mol. The van der Waals surface area contributed by atoms with Crippen LogP contribution in [0.3, 0.4) is 0 Å². The van der Waals surface area contributed by atoms with Gasteiger partial charge in [0.05, 0.1) is 0 Å². The van der Waals surface area contributed by atoms with Crippen molar-refractivity contribution in [1.29, 1.82) is 0 Å². The summed E-state index contributed by atoms with van der Waals surface area (Å²) < 4.78 is 7.53. The van der Waals surface area contributed by atoms with Gasteiger partial charge in [0, 0.05) is 30.6 Å². The van der Waals surface area contributed by atoms with Crippen LogP contribution in [0.2, 0.25) is 0 Å². The number of hydrogen-bond acceptors (Lipinski definition) is 4. The van der Waals surface area contributed by atoms with Crippen molar-refractivity contribution < 1.29 is 9.53 Å². The summed E-state index contributed by atoms with van der Waals surface area (Å²) in [6.45, 7) is 1.97. The molecule has 1 amide bonds. The number of amides is 1. The Hall–Kier alpha value is -3.15. The van der Waals surface area contributed by atoms with Gasteiger partial charge in [0.2, 0.25) is 11.8 Å². The minimum Gasteiger partial charge on any atom is -0.438 e. The third kappa shape index (κ3) is 3.98. The molecule has 122 valence electrons. The molecule has 0 bridgehead atoms. The second kappa shape index (κ2) is 7.41. The van der Waals surface area contributed by atoms with Crippen molar-refractivity contribution >= 4 is 11.6 Å². The topological polar surface area (TPSA) is 69.0 Å². The third-order valence-corrected chi connectivity index (χ3v) is 3.33. The van der Waals surface area contributed by atoms with Crippen LogP contribution in [0.1, 0.15) is 19.8 Å². The number of hydrogen-bond donors (Lipinski definition) is 1. The lowest BCUT2D eigenvalue weighted by Crippen LogP contribution is -2.10. The minimum atomic E-state index is 0.0117. The second-order valence-electron chi connectivity index (χ2n) is 5.24. The summed E-state index contributed by atoms with van der Waals surface area (Å²) >= 11 is 0. The maximum Gasteiger partial charge on any atom is 0.238 e. The van der Waals surface area contributed by atoms with E-state index in [2.05, 4.69) is 15.5 Å². The molecule has 6 nitrogen and oxygen atoms in total. The van der Waals surface area contributed by atoms with Gasteiger partial charge in [0.1, 0.15) is 5.75 Å². The van der Waals surface area contributed by atoms with E-state index in [-0.39, 0.29) is 5.91 Å². The molecule has 0 saturated heterocycles. The Bertz CT molecular complexity index is 781. The Kier molecular flexibility index (Phi) is 4.86. The number of ether oxygens (including phenoxy) is 1. The summed E-state index contributed by atoms with van der Waals surface area (Å²) in [6, 6.07) is 14.6. The molecule has 1 N–H and O–H groups in total. The molecule has 0 fully saturated rings. The quantitative estimate of drug-likeness (QED) is 0.749. The van der Waals surface area contributed by atoms with Gasteiger partial charge < -0.3 is 14.6 Å². The lowest BCUT2D eigenvalue weighted by atomic mass is 10.2. The van der Waals surface area contributed by atoms with Crippen molar-refractivity contribution in [1.82, 2.24) is 14.8 Å². The zero-order valence-corrected chi connectivity index (χ0v) is 13.3. The first kappa shape index (κ1) is 15.7. The molecule has 3 aromatic rings. The Morgan fingerprint density at radius 3 is 2.46 bits per heavy atom. The number of benzene rings is 1. The van der Waals surface area contributed by atoms with Crippen LogP contribution in [0.15, 0.2) is 60.9 Å². The number of nitrogens with zero attached hydrogens (tertiary/aromatic N) is 3. The van der Waals surface area contributed by atoms with E-state index >= 15 is 0 Å². The van der Waals surface area contributed by atoms with Gasteiger partial charge in [0.25, 0.3) is 0 Å². The highest BCUT2D eigenvalue weighted by molar-refractivity contribution is 5.90. The Morgan fingerprint density at radius 1 is 1.08 bits per heavy atom. The first-order valence-corrected chi connectivity index (χ1v) is 7.79. The van der Waals surface area contributed by atoms with Gasteiger partial charge in [-0.15, -0.1) is 10.2 Å². The standard InChI is InChI=1S/C18H18N4O2/c1-2-5-17(23)19-14-6-8-15(9-7-14)24-18-11-10-16(20-21-18)22-12-3-4-13-22/h3-4,6-13H,2,5H2,1H3,(H,19,23). The van der Waals surface area contributed by atoms with Gasteiger partial charge in [0.15, 0.2) is 5.82 Å². The molecular formula is C18H18N4O2. The molecule has 0 atom stereocenters. The van der Waals surface area contributed by atoms with E-state index in [1.165, 1.54) is 0 Å². The molecule has 0 unspecified atom stereocenters. The van der Waals surface area contributed by atoms with Gasteiger partial charge >= 0.3 is 0 Å². The van der Waals surface area contributed by atoms with Crippen molar-refractivity contribution in [2.75, 3.05) is 5.32 Å². The Balaban J connectivity index is 1.62. The molecule has 6 heteroatoms. The van der Waals surface area contributed by atoms with Gasteiger partial charge in [-0.3, -0.25) is 4.79 Å². The van der Waals surface area contributed by atoms with Crippen LogP contribution in [-0.4, -0.2) is 20.7 Å². The molecule has 1 aromatic carbocycles. The molecule has 0 aliphatic rings. The predicted molar refractivity (Wildman–Crippen MR) is 91.4 cm³/mol. The molecule has 3 rings (SSSR count). The van der Waals surface area contributed by atoms with Crippen molar-refractivity contribution in [3.63, 3.8) is 0 Å². The van der Waals surface area contributed by atoms with E-state index in [9.17, 15) is 4.79 Å². The average molecular weight is 322 g/mol. The zero-order chi connectivity index (χ0) is 16.8. The van der Waals surface area contributed by atoms with Crippen LogP contribution in [0.4, 0.5) is 5.69 Å². The van der Waals surface area contributed by atoms with Gasteiger partial charge in [-0.1, -0.05) is 6.92 Å². The highest BCUT2D eigenvalue weighted by Gasteiger charge is 2.04. The molecule has 24 heavy (non-hydrogen) atoms. The van der Waals surface area contributed by atoms with Crippen LogP contribution in [0, 0.1) is 0 Å². The third-order valence-electron chi connectivity index (χ3n) is 3.33. The summed E-state index contributed by atoms with van der Waals surface area (Å²) in [5.74, 6) is 1.78. The molecule has 2 heterocycles. The number of carbonyl (C=O) groups is 1. The van der Waals surface area contributed by atoms with E-state index in [0.717, 1.165) is 17.9 Å². The molecule has 2 aromatic heterocycles. The maximum atomic E-state index is 11.6. The van der Waals surface area contributed by atoms with E-state index in [1.807, 2.05) is 42.1 Å². The summed E-state index contributed by atoms with van der Waals surface area (Å²) in [5, 5.41) is 11.0. The normalized spacial score (nSPS) is 10.4. The SMILES string of the molecule is CCCC(=O)Nc1ccc(Oc2ccc(-n3cccc3)nn2)cc1.